The van der Waals surface area contributed by atoms with E-state index in [0.717, 1.165) is 42.5 Å². The minimum atomic E-state index is -1.12. The van der Waals surface area contributed by atoms with E-state index in [4.69, 9.17) is 16.0 Å². The Labute approximate surface area is 198 Å². The summed E-state index contributed by atoms with van der Waals surface area (Å²) in [6.45, 7) is 6.02. The van der Waals surface area contributed by atoms with Gasteiger partial charge in [-0.15, -0.1) is 0 Å². The lowest BCUT2D eigenvalue weighted by atomic mass is 9.92. The highest BCUT2D eigenvalue weighted by Gasteiger charge is 2.49. The minimum Gasteiger partial charge on any atom is -0.460 e. The zero-order chi connectivity index (χ0) is 23.3. The highest BCUT2D eigenvalue weighted by molar-refractivity contribution is 6.31. The molecule has 0 bridgehead atoms. The number of carbonyl (C=O) groups excluding carboxylic acids is 2. The number of amides is 2. The van der Waals surface area contributed by atoms with Gasteiger partial charge in [0.1, 0.15) is 17.0 Å². The normalized spacial score (nSPS) is 21.8. The number of hydrogen-bond acceptors (Lipinski definition) is 3. The fraction of sp³-hybridized carbons (Fsp3) is 0.462. The summed E-state index contributed by atoms with van der Waals surface area (Å²) >= 11 is 6.34. The molecule has 2 aromatic heterocycles. The molecular weight excluding hydrogens is 438 g/mol. The van der Waals surface area contributed by atoms with E-state index in [1.807, 2.05) is 37.5 Å². The van der Waals surface area contributed by atoms with Crippen LogP contribution in [0.3, 0.4) is 0 Å². The Balaban J connectivity index is 1.62. The standard InChI is InChI=1S/C26H30ClN3O3/c1-16-10-11-18(27)13-20(16)30-24(31)22-14-23-21(12-17(2)33-23)29(22)15-26(30,3)25(32)28-19-8-6-4-5-7-9-19/h10-14,19H,4-9,15H2,1-3H3,(H,28,32)/t26-/m0/s1. The number of rotatable bonds is 3. The molecule has 1 atom stereocenters. The molecule has 3 aromatic rings. The van der Waals surface area contributed by atoms with Gasteiger partial charge in [-0.25, -0.2) is 0 Å². The molecule has 0 radical (unpaired) electrons. The number of aryl methyl sites for hydroxylation is 2. The number of furan rings is 1. The lowest BCUT2D eigenvalue weighted by Gasteiger charge is -2.45. The third-order valence-corrected chi connectivity index (χ3v) is 7.42. The van der Waals surface area contributed by atoms with Crippen LogP contribution in [-0.2, 0) is 11.3 Å². The van der Waals surface area contributed by atoms with Gasteiger partial charge in [0, 0.05) is 28.9 Å². The molecule has 5 rings (SSSR count). The molecule has 1 aliphatic carbocycles. The summed E-state index contributed by atoms with van der Waals surface area (Å²) in [6.07, 6.45) is 6.61. The fourth-order valence-corrected chi connectivity index (χ4v) is 5.53. The maximum absolute atomic E-state index is 13.9. The lowest BCUT2D eigenvalue weighted by Crippen LogP contribution is -2.65. The summed E-state index contributed by atoms with van der Waals surface area (Å²) in [7, 11) is 0. The van der Waals surface area contributed by atoms with E-state index in [0.29, 0.717) is 28.5 Å². The summed E-state index contributed by atoms with van der Waals surface area (Å²) in [6, 6.07) is 9.31. The van der Waals surface area contributed by atoms with Crippen molar-refractivity contribution in [2.75, 3.05) is 4.90 Å². The molecule has 2 amide bonds. The van der Waals surface area contributed by atoms with E-state index in [1.165, 1.54) is 12.8 Å². The Morgan fingerprint density at radius 3 is 2.58 bits per heavy atom. The quantitative estimate of drug-likeness (QED) is 0.498. The van der Waals surface area contributed by atoms with Crippen molar-refractivity contribution in [3.05, 3.63) is 52.4 Å². The SMILES string of the molecule is Cc1cc2c(cc3n2C[C@@](C)(C(=O)NC2CCCCCC2)N(c2cc(Cl)ccc2C)C3=O)o1. The number of carbonyl (C=O) groups is 2. The van der Waals surface area contributed by atoms with Gasteiger partial charge in [-0.3, -0.25) is 14.5 Å². The maximum atomic E-state index is 13.9. The molecule has 33 heavy (non-hydrogen) atoms. The van der Waals surface area contributed by atoms with Crippen LogP contribution in [0.5, 0.6) is 0 Å². The van der Waals surface area contributed by atoms with Gasteiger partial charge in [-0.05, 0) is 51.3 Å². The van der Waals surface area contributed by atoms with Crippen molar-refractivity contribution < 1.29 is 14.0 Å². The number of halogens is 1. The first-order chi connectivity index (χ1) is 15.8. The molecule has 174 valence electrons. The van der Waals surface area contributed by atoms with Crippen LogP contribution >= 0.6 is 11.6 Å². The monoisotopic (exact) mass is 467 g/mol. The topological polar surface area (TPSA) is 67.5 Å². The van der Waals surface area contributed by atoms with Gasteiger partial charge >= 0.3 is 0 Å². The van der Waals surface area contributed by atoms with Crippen molar-refractivity contribution in [1.82, 2.24) is 9.88 Å². The summed E-state index contributed by atoms with van der Waals surface area (Å²) in [4.78, 5) is 29.5. The van der Waals surface area contributed by atoms with E-state index in [9.17, 15) is 9.59 Å². The molecule has 2 aliphatic rings. The average Bonchev–Trinajstić information content (AvgIpc) is 3.16. The van der Waals surface area contributed by atoms with Crippen LogP contribution in [0.4, 0.5) is 5.69 Å². The predicted octanol–water partition coefficient (Wildman–Crippen LogP) is 5.76. The average molecular weight is 468 g/mol. The Bertz CT molecular complexity index is 1240. The van der Waals surface area contributed by atoms with E-state index in [1.54, 1.807) is 23.1 Å². The molecular formula is C26H30ClN3O3. The third kappa shape index (κ3) is 3.74. The zero-order valence-corrected chi connectivity index (χ0v) is 20.2. The number of benzene rings is 1. The molecule has 0 unspecified atom stereocenters. The van der Waals surface area contributed by atoms with Gasteiger partial charge in [-0.2, -0.15) is 0 Å². The van der Waals surface area contributed by atoms with Crippen molar-refractivity contribution in [3.8, 4) is 0 Å². The number of hydrogen-bond donors (Lipinski definition) is 1. The highest BCUT2D eigenvalue weighted by atomic mass is 35.5. The second-order valence-electron chi connectivity index (χ2n) is 9.73. The first-order valence-corrected chi connectivity index (χ1v) is 12.2. The van der Waals surface area contributed by atoms with Gasteiger partial charge in [0.15, 0.2) is 5.58 Å². The van der Waals surface area contributed by atoms with Crippen molar-refractivity contribution in [1.29, 1.82) is 0 Å². The van der Waals surface area contributed by atoms with Crippen LogP contribution in [0.25, 0.3) is 11.1 Å². The van der Waals surface area contributed by atoms with Crippen molar-refractivity contribution in [2.45, 2.75) is 77.4 Å². The van der Waals surface area contributed by atoms with E-state index in [2.05, 4.69) is 5.32 Å². The first-order valence-electron chi connectivity index (χ1n) is 11.8. The molecule has 3 heterocycles. The maximum Gasteiger partial charge on any atom is 0.276 e. The van der Waals surface area contributed by atoms with Crippen molar-refractivity contribution >= 4 is 40.2 Å². The summed E-state index contributed by atoms with van der Waals surface area (Å²) < 4.78 is 7.73. The molecule has 1 fully saturated rings. The van der Waals surface area contributed by atoms with E-state index < -0.39 is 5.54 Å². The van der Waals surface area contributed by atoms with Crippen LogP contribution in [0.15, 0.2) is 34.7 Å². The lowest BCUT2D eigenvalue weighted by molar-refractivity contribution is -0.127. The largest absolute Gasteiger partial charge is 0.460 e. The van der Waals surface area contributed by atoms with Gasteiger partial charge in [-0.1, -0.05) is 43.4 Å². The highest BCUT2D eigenvalue weighted by Crippen LogP contribution is 2.39. The molecule has 6 nitrogen and oxygen atoms in total. The van der Waals surface area contributed by atoms with Crippen molar-refractivity contribution in [2.24, 2.45) is 0 Å². The molecule has 1 aliphatic heterocycles. The first kappa shape index (κ1) is 22.1. The minimum absolute atomic E-state index is 0.130. The molecule has 1 aromatic carbocycles. The third-order valence-electron chi connectivity index (χ3n) is 7.19. The number of nitrogens with zero attached hydrogens (tertiary/aromatic N) is 2. The van der Waals surface area contributed by atoms with E-state index >= 15 is 0 Å². The van der Waals surface area contributed by atoms with Gasteiger partial charge < -0.3 is 14.3 Å². The zero-order valence-electron chi connectivity index (χ0n) is 19.4. The molecule has 0 spiro atoms. The second kappa shape index (κ2) is 8.24. The molecule has 7 heteroatoms. The molecule has 1 saturated carbocycles. The van der Waals surface area contributed by atoms with Crippen LogP contribution in [0.1, 0.15) is 67.3 Å². The number of aromatic nitrogens is 1. The van der Waals surface area contributed by atoms with Gasteiger partial charge in [0.2, 0.25) is 5.91 Å². The van der Waals surface area contributed by atoms with Crippen LogP contribution in [0.2, 0.25) is 5.02 Å². The van der Waals surface area contributed by atoms with Crippen molar-refractivity contribution in [3.63, 3.8) is 0 Å². The van der Waals surface area contributed by atoms with Crippen LogP contribution in [0, 0.1) is 13.8 Å². The number of anilines is 1. The van der Waals surface area contributed by atoms with Crippen LogP contribution < -0.4 is 10.2 Å². The number of fused-ring (bicyclic) bond motifs is 3. The summed E-state index contributed by atoms with van der Waals surface area (Å²) in [5.41, 5.74) is 2.44. The van der Waals surface area contributed by atoms with E-state index in [-0.39, 0.29) is 17.9 Å². The smallest absolute Gasteiger partial charge is 0.276 e. The van der Waals surface area contributed by atoms with Crippen LogP contribution in [-0.4, -0.2) is 28.0 Å². The Morgan fingerprint density at radius 2 is 1.85 bits per heavy atom. The van der Waals surface area contributed by atoms with Gasteiger partial charge in [0.25, 0.3) is 5.91 Å². The molecule has 1 N–H and O–H groups in total. The summed E-state index contributed by atoms with van der Waals surface area (Å²) in [5.74, 6) is 0.421. The Morgan fingerprint density at radius 1 is 1.12 bits per heavy atom. The fourth-order valence-electron chi connectivity index (χ4n) is 5.37. The summed E-state index contributed by atoms with van der Waals surface area (Å²) in [5, 5.41) is 3.83. The second-order valence-corrected chi connectivity index (χ2v) is 10.2. The number of nitrogens with one attached hydrogen (secondary N) is 1. The Hall–Kier alpha value is -2.73. The Kier molecular flexibility index (Phi) is 5.52. The predicted molar refractivity (Wildman–Crippen MR) is 130 cm³/mol. The molecule has 0 saturated heterocycles. The van der Waals surface area contributed by atoms with Gasteiger partial charge in [0.05, 0.1) is 12.1 Å².